The highest BCUT2D eigenvalue weighted by atomic mass is 35.5. The molecule has 0 aromatic heterocycles. The summed E-state index contributed by atoms with van der Waals surface area (Å²) in [5.41, 5.74) is 3.19. The van der Waals surface area contributed by atoms with Crippen LogP contribution in [0.5, 0.6) is 11.5 Å². The smallest absolute Gasteiger partial charge is 0.269 e. The number of nitrogens with one attached hydrogen (secondary N) is 1. The number of nitro benzene ring substituents is 1. The number of hydrogen-bond acceptors (Lipinski definition) is 5. The third-order valence-electron chi connectivity index (χ3n) is 4.11. The van der Waals surface area contributed by atoms with E-state index in [9.17, 15) is 10.1 Å². The minimum absolute atomic E-state index is 0. The second kappa shape index (κ2) is 7.51. The standard InChI is InChI=1S/C17H18N2O4.ClH/c1-22-15-9-11-6-7-18-17(14(11)10-16(15)23-2)12-4-3-5-13(8-12)19(20)21;/h3-5,8-10,17-18H,6-7H2,1-2H3;1H. The number of benzene rings is 2. The van der Waals surface area contributed by atoms with E-state index in [1.165, 1.54) is 6.07 Å². The van der Waals surface area contributed by atoms with E-state index < -0.39 is 0 Å². The van der Waals surface area contributed by atoms with Gasteiger partial charge in [0.1, 0.15) is 0 Å². The Balaban J connectivity index is 0.00000208. The Labute approximate surface area is 146 Å². The molecule has 0 bridgehead atoms. The summed E-state index contributed by atoms with van der Waals surface area (Å²) in [5, 5.41) is 14.4. The van der Waals surface area contributed by atoms with Gasteiger partial charge in [-0.3, -0.25) is 10.1 Å². The van der Waals surface area contributed by atoms with Crippen LogP contribution in [0.25, 0.3) is 0 Å². The molecule has 128 valence electrons. The Hall–Kier alpha value is -2.31. The molecule has 1 N–H and O–H groups in total. The summed E-state index contributed by atoms with van der Waals surface area (Å²) in [6.45, 7) is 0.801. The van der Waals surface area contributed by atoms with Crippen molar-refractivity contribution in [3.63, 3.8) is 0 Å². The van der Waals surface area contributed by atoms with Gasteiger partial charge in [-0.15, -0.1) is 12.4 Å². The zero-order valence-corrected chi connectivity index (χ0v) is 14.3. The molecule has 0 amide bonds. The number of fused-ring (bicyclic) bond motifs is 1. The van der Waals surface area contributed by atoms with Gasteiger partial charge < -0.3 is 14.8 Å². The lowest BCUT2D eigenvalue weighted by molar-refractivity contribution is -0.384. The number of rotatable bonds is 4. The van der Waals surface area contributed by atoms with Gasteiger partial charge in [-0.1, -0.05) is 12.1 Å². The van der Waals surface area contributed by atoms with E-state index in [0.29, 0.717) is 11.5 Å². The van der Waals surface area contributed by atoms with E-state index >= 15 is 0 Å². The number of ether oxygens (including phenoxy) is 2. The van der Waals surface area contributed by atoms with Crippen molar-refractivity contribution < 1.29 is 14.4 Å². The van der Waals surface area contributed by atoms with Gasteiger partial charge in [-0.25, -0.2) is 0 Å². The van der Waals surface area contributed by atoms with Gasteiger partial charge >= 0.3 is 0 Å². The molecule has 0 saturated carbocycles. The molecular formula is C17H19ClN2O4. The summed E-state index contributed by atoms with van der Waals surface area (Å²) in [5.74, 6) is 1.36. The minimum atomic E-state index is -0.373. The Bertz CT molecular complexity index is 751. The second-order valence-electron chi connectivity index (χ2n) is 5.40. The lowest BCUT2D eigenvalue weighted by Crippen LogP contribution is -2.30. The molecule has 1 unspecified atom stereocenters. The van der Waals surface area contributed by atoms with Crippen LogP contribution in [0.1, 0.15) is 22.7 Å². The predicted molar refractivity (Wildman–Crippen MR) is 93.4 cm³/mol. The van der Waals surface area contributed by atoms with Crippen LogP contribution in [0.2, 0.25) is 0 Å². The maximum absolute atomic E-state index is 11.0. The van der Waals surface area contributed by atoms with E-state index in [1.54, 1.807) is 26.4 Å². The van der Waals surface area contributed by atoms with E-state index in [1.807, 2.05) is 18.2 Å². The molecule has 2 aromatic rings. The molecule has 2 aromatic carbocycles. The first-order valence-corrected chi connectivity index (χ1v) is 7.36. The Morgan fingerprint density at radius 2 is 1.88 bits per heavy atom. The summed E-state index contributed by atoms with van der Waals surface area (Å²) >= 11 is 0. The molecule has 1 heterocycles. The summed E-state index contributed by atoms with van der Waals surface area (Å²) in [6, 6.07) is 10.6. The van der Waals surface area contributed by atoms with Gasteiger partial charge in [-0.05, 0) is 35.2 Å². The Kier molecular flexibility index (Phi) is 5.64. The topological polar surface area (TPSA) is 73.6 Å². The highest BCUT2D eigenvalue weighted by Crippen LogP contribution is 2.37. The third-order valence-corrected chi connectivity index (χ3v) is 4.11. The molecule has 1 atom stereocenters. The fourth-order valence-electron chi connectivity index (χ4n) is 3.00. The average molecular weight is 351 g/mol. The fourth-order valence-corrected chi connectivity index (χ4v) is 3.00. The first-order valence-electron chi connectivity index (χ1n) is 7.36. The first kappa shape index (κ1) is 18.0. The number of hydrogen-bond donors (Lipinski definition) is 1. The van der Waals surface area contributed by atoms with Gasteiger partial charge in [-0.2, -0.15) is 0 Å². The number of nitro groups is 1. The quantitative estimate of drug-likeness (QED) is 0.676. The largest absolute Gasteiger partial charge is 0.493 e. The fraction of sp³-hybridized carbons (Fsp3) is 0.294. The number of non-ortho nitro benzene ring substituents is 1. The molecule has 1 aliphatic rings. The Morgan fingerprint density at radius 3 is 2.54 bits per heavy atom. The zero-order valence-electron chi connectivity index (χ0n) is 13.4. The van der Waals surface area contributed by atoms with Crippen molar-refractivity contribution in [1.82, 2.24) is 5.32 Å². The first-order chi connectivity index (χ1) is 11.1. The van der Waals surface area contributed by atoms with Crippen LogP contribution in [0.15, 0.2) is 36.4 Å². The highest BCUT2D eigenvalue weighted by molar-refractivity contribution is 5.85. The van der Waals surface area contributed by atoms with Gasteiger partial charge in [0, 0.05) is 18.7 Å². The van der Waals surface area contributed by atoms with E-state index in [2.05, 4.69) is 5.32 Å². The van der Waals surface area contributed by atoms with Crippen LogP contribution < -0.4 is 14.8 Å². The van der Waals surface area contributed by atoms with Gasteiger partial charge in [0.05, 0.1) is 25.2 Å². The van der Waals surface area contributed by atoms with Gasteiger partial charge in [0.25, 0.3) is 5.69 Å². The lowest BCUT2D eigenvalue weighted by atomic mass is 9.89. The van der Waals surface area contributed by atoms with Crippen LogP contribution >= 0.6 is 12.4 Å². The van der Waals surface area contributed by atoms with Crippen molar-refractivity contribution in [3.8, 4) is 11.5 Å². The monoisotopic (exact) mass is 350 g/mol. The van der Waals surface area contributed by atoms with Crippen LogP contribution in [-0.4, -0.2) is 25.7 Å². The molecule has 6 nitrogen and oxygen atoms in total. The van der Waals surface area contributed by atoms with E-state index in [4.69, 9.17) is 9.47 Å². The molecule has 0 saturated heterocycles. The molecule has 0 aliphatic carbocycles. The number of methoxy groups -OCH3 is 2. The van der Waals surface area contributed by atoms with Gasteiger partial charge in [0.2, 0.25) is 0 Å². The van der Waals surface area contributed by atoms with E-state index in [0.717, 1.165) is 29.7 Å². The zero-order chi connectivity index (χ0) is 16.4. The minimum Gasteiger partial charge on any atom is -0.493 e. The van der Waals surface area contributed by atoms with Crippen molar-refractivity contribution in [2.75, 3.05) is 20.8 Å². The summed E-state index contributed by atoms with van der Waals surface area (Å²) < 4.78 is 10.7. The molecular weight excluding hydrogens is 332 g/mol. The Morgan fingerprint density at radius 1 is 1.17 bits per heavy atom. The highest BCUT2D eigenvalue weighted by Gasteiger charge is 2.25. The molecule has 3 rings (SSSR count). The maximum atomic E-state index is 11.0. The van der Waals surface area contributed by atoms with E-state index in [-0.39, 0.29) is 29.1 Å². The average Bonchev–Trinajstić information content (AvgIpc) is 2.59. The second-order valence-corrected chi connectivity index (χ2v) is 5.40. The molecule has 0 fully saturated rings. The van der Waals surface area contributed by atoms with Crippen LogP contribution in [0, 0.1) is 10.1 Å². The third kappa shape index (κ3) is 3.29. The van der Waals surface area contributed by atoms with Gasteiger partial charge in [0.15, 0.2) is 11.5 Å². The molecule has 24 heavy (non-hydrogen) atoms. The van der Waals surface area contributed by atoms with Crippen LogP contribution in [-0.2, 0) is 6.42 Å². The molecule has 7 heteroatoms. The summed E-state index contributed by atoms with van der Waals surface area (Å²) in [7, 11) is 3.21. The summed E-state index contributed by atoms with van der Waals surface area (Å²) in [6.07, 6.45) is 0.876. The van der Waals surface area contributed by atoms with Crippen molar-refractivity contribution in [2.45, 2.75) is 12.5 Å². The number of nitrogens with zero attached hydrogens (tertiary/aromatic N) is 1. The molecule has 0 radical (unpaired) electrons. The van der Waals surface area contributed by atoms with Crippen molar-refractivity contribution in [3.05, 3.63) is 63.2 Å². The van der Waals surface area contributed by atoms with Crippen LogP contribution in [0.4, 0.5) is 5.69 Å². The molecule has 0 spiro atoms. The normalized spacial score (nSPS) is 15.8. The SMILES string of the molecule is COc1cc2c(cc1OC)C(c1cccc([N+](=O)[O-])c1)NCC2.Cl. The van der Waals surface area contributed by atoms with Crippen LogP contribution in [0.3, 0.4) is 0 Å². The summed E-state index contributed by atoms with van der Waals surface area (Å²) in [4.78, 5) is 10.6. The molecule has 1 aliphatic heterocycles. The number of halogens is 1. The van der Waals surface area contributed by atoms with Crippen molar-refractivity contribution in [1.29, 1.82) is 0 Å². The predicted octanol–water partition coefficient (Wildman–Crippen LogP) is 3.27. The van der Waals surface area contributed by atoms with Crippen molar-refractivity contribution in [2.24, 2.45) is 0 Å². The maximum Gasteiger partial charge on any atom is 0.269 e. The lowest BCUT2D eigenvalue weighted by Gasteiger charge is -2.28. The van der Waals surface area contributed by atoms with Crippen molar-refractivity contribution >= 4 is 18.1 Å².